The minimum Gasteiger partial charge on any atom is -0.497 e. The number of hydrogen-bond donors (Lipinski definition) is 0. The first-order valence-electron chi connectivity index (χ1n) is 11.8. The van der Waals surface area contributed by atoms with E-state index in [-0.39, 0.29) is 0 Å². The summed E-state index contributed by atoms with van der Waals surface area (Å²) in [6, 6.07) is 23.1. The predicted molar refractivity (Wildman–Crippen MR) is 141 cm³/mol. The van der Waals surface area contributed by atoms with Crippen molar-refractivity contribution >= 4 is 32.5 Å². The third-order valence-corrected chi connectivity index (χ3v) is 9.26. The van der Waals surface area contributed by atoms with Crippen molar-refractivity contribution in [3.05, 3.63) is 94.6 Å². The molecule has 1 aliphatic rings. The van der Waals surface area contributed by atoms with Gasteiger partial charge in [-0.1, -0.05) is 41.9 Å². The lowest BCUT2D eigenvalue weighted by Crippen LogP contribution is -2.38. The summed E-state index contributed by atoms with van der Waals surface area (Å²) in [5.74, 6) is 0.960. The Balaban J connectivity index is 1.40. The molecular formula is C28H29ClN2O3S. The Hall–Kier alpha value is -2.80. The minimum atomic E-state index is -3.52. The van der Waals surface area contributed by atoms with Crippen LogP contribution in [0.25, 0.3) is 10.9 Å². The van der Waals surface area contributed by atoms with Crippen LogP contribution in [0.5, 0.6) is 5.75 Å². The van der Waals surface area contributed by atoms with E-state index in [0.717, 1.165) is 24.4 Å². The lowest BCUT2D eigenvalue weighted by atomic mass is 9.88. The SMILES string of the molecule is COc1ccc(S(=O)(=O)N2CCC(c3c(C)n(Cc4ccc(Cl)cc4)c4ccccc34)CC2)cc1. The van der Waals surface area contributed by atoms with Crippen molar-refractivity contribution in [1.82, 2.24) is 8.87 Å². The first-order chi connectivity index (χ1) is 16.9. The van der Waals surface area contributed by atoms with Crippen LogP contribution in [0, 0.1) is 6.92 Å². The smallest absolute Gasteiger partial charge is 0.243 e. The van der Waals surface area contributed by atoms with Gasteiger partial charge in [-0.05, 0) is 79.3 Å². The molecule has 7 heteroatoms. The molecule has 1 fully saturated rings. The van der Waals surface area contributed by atoms with Crippen LogP contribution in [0.1, 0.15) is 35.6 Å². The summed E-state index contributed by atoms with van der Waals surface area (Å²) in [5, 5.41) is 2.00. The van der Waals surface area contributed by atoms with Gasteiger partial charge in [0.25, 0.3) is 0 Å². The zero-order valence-corrected chi connectivity index (χ0v) is 21.5. The van der Waals surface area contributed by atoms with Crippen molar-refractivity contribution < 1.29 is 13.2 Å². The summed E-state index contributed by atoms with van der Waals surface area (Å²) in [6.45, 7) is 3.98. The predicted octanol–water partition coefficient (Wildman–Crippen LogP) is 6.23. The highest BCUT2D eigenvalue weighted by Crippen LogP contribution is 2.38. The van der Waals surface area contributed by atoms with Gasteiger partial charge in [0.1, 0.15) is 5.75 Å². The number of rotatable bonds is 6. The van der Waals surface area contributed by atoms with Crippen LogP contribution >= 0.6 is 11.6 Å². The van der Waals surface area contributed by atoms with Crippen LogP contribution in [-0.2, 0) is 16.6 Å². The molecule has 1 aromatic heterocycles. The fourth-order valence-electron chi connectivity index (χ4n) is 5.23. The van der Waals surface area contributed by atoms with E-state index >= 15 is 0 Å². The number of hydrogen-bond acceptors (Lipinski definition) is 3. The molecule has 0 bridgehead atoms. The van der Waals surface area contributed by atoms with Crippen LogP contribution < -0.4 is 4.74 Å². The molecule has 1 saturated heterocycles. The maximum atomic E-state index is 13.2. The number of para-hydroxylation sites is 1. The second-order valence-corrected chi connectivity index (χ2v) is 11.5. The fourth-order valence-corrected chi connectivity index (χ4v) is 6.83. The molecule has 0 saturated carbocycles. The van der Waals surface area contributed by atoms with Crippen molar-refractivity contribution in [2.45, 2.75) is 37.1 Å². The highest BCUT2D eigenvalue weighted by molar-refractivity contribution is 7.89. The van der Waals surface area contributed by atoms with Gasteiger partial charge < -0.3 is 9.30 Å². The van der Waals surface area contributed by atoms with Gasteiger partial charge in [0.05, 0.1) is 12.0 Å². The second-order valence-electron chi connectivity index (χ2n) is 9.08. The molecule has 0 spiro atoms. The summed E-state index contributed by atoms with van der Waals surface area (Å²) >= 11 is 6.08. The van der Waals surface area contributed by atoms with Gasteiger partial charge >= 0.3 is 0 Å². The molecule has 4 aromatic rings. The van der Waals surface area contributed by atoms with Crippen LogP contribution in [0.3, 0.4) is 0 Å². The third kappa shape index (κ3) is 4.58. The van der Waals surface area contributed by atoms with E-state index in [4.69, 9.17) is 16.3 Å². The molecule has 0 atom stereocenters. The summed E-state index contributed by atoms with van der Waals surface area (Å²) in [4.78, 5) is 0.312. The summed E-state index contributed by atoms with van der Waals surface area (Å²) < 4.78 is 35.6. The van der Waals surface area contributed by atoms with Gasteiger partial charge in [-0.3, -0.25) is 0 Å². The topological polar surface area (TPSA) is 51.5 Å². The number of halogens is 1. The zero-order valence-electron chi connectivity index (χ0n) is 19.9. The molecule has 0 unspecified atom stereocenters. The number of fused-ring (bicyclic) bond motifs is 1. The van der Waals surface area contributed by atoms with E-state index in [1.807, 2.05) is 12.1 Å². The molecule has 0 radical (unpaired) electrons. The standard InChI is InChI=1S/C28H29ClN2O3S/c1-20-28(26-5-3-4-6-27(26)31(20)19-21-7-9-23(29)10-8-21)22-15-17-30(18-16-22)35(32,33)25-13-11-24(34-2)12-14-25/h3-14,22H,15-19H2,1-2H3. The monoisotopic (exact) mass is 508 g/mol. The number of nitrogens with zero attached hydrogens (tertiary/aromatic N) is 2. The molecule has 0 amide bonds. The maximum Gasteiger partial charge on any atom is 0.243 e. The molecule has 35 heavy (non-hydrogen) atoms. The molecule has 3 aromatic carbocycles. The molecule has 2 heterocycles. The number of aromatic nitrogens is 1. The molecule has 182 valence electrons. The van der Waals surface area contributed by atoms with Gasteiger partial charge in [0.2, 0.25) is 10.0 Å². The molecule has 0 N–H and O–H groups in total. The van der Waals surface area contributed by atoms with E-state index in [2.05, 4.69) is 47.9 Å². The Bertz CT molecular complexity index is 1440. The number of benzene rings is 3. The van der Waals surface area contributed by atoms with E-state index in [1.54, 1.807) is 35.7 Å². The van der Waals surface area contributed by atoms with Gasteiger partial charge in [0.15, 0.2) is 0 Å². The highest BCUT2D eigenvalue weighted by Gasteiger charge is 2.32. The molecule has 5 rings (SSSR count). The Morgan fingerprint density at radius 1 is 0.943 bits per heavy atom. The van der Waals surface area contributed by atoms with Crippen LogP contribution in [-0.4, -0.2) is 37.5 Å². The van der Waals surface area contributed by atoms with Gasteiger partial charge in [-0.25, -0.2) is 8.42 Å². The molecule has 1 aliphatic heterocycles. The average molecular weight is 509 g/mol. The van der Waals surface area contributed by atoms with Crippen LogP contribution in [0.4, 0.5) is 0 Å². The van der Waals surface area contributed by atoms with E-state index in [9.17, 15) is 8.42 Å². The van der Waals surface area contributed by atoms with Crippen molar-refractivity contribution in [3.8, 4) is 5.75 Å². The van der Waals surface area contributed by atoms with Gasteiger partial charge in [-0.2, -0.15) is 4.31 Å². The fraction of sp³-hybridized carbons (Fsp3) is 0.286. The van der Waals surface area contributed by atoms with E-state index in [1.165, 1.54) is 27.7 Å². The van der Waals surface area contributed by atoms with Gasteiger partial charge in [0, 0.05) is 41.3 Å². The number of ether oxygens (including phenoxy) is 1. The Morgan fingerprint density at radius 3 is 2.26 bits per heavy atom. The molecular weight excluding hydrogens is 480 g/mol. The molecule has 0 aliphatic carbocycles. The lowest BCUT2D eigenvalue weighted by Gasteiger charge is -2.31. The van der Waals surface area contributed by atoms with Crippen molar-refractivity contribution in [2.75, 3.05) is 20.2 Å². The summed E-state index contributed by atoms with van der Waals surface area (Å²) in [6.07, 6.45) is 1.59. The first-order valence-corrected chi connectivity index (χ1v) is 13.7. The van der Waals surface area contributed by atoms with E-state index < -0.39 is 10.0 Å². The first kappa shape index (κ1) is 23.9. The lowest BCUT2D eigenvalue weighted by molar-refractivity contribution is 0.319. The van der Waals surface area contributed by atoms with Crippen molar-refractivity contribution in [3.63, 3.8) is 0 Å². The Labute approximate surface area is 211 Å². The highest BCUT2D eigenvalue weighted by atomic mass is 35.5. The number of piperidine rings is 1. The minimum absolute atomic E-state index is 0.312. The Morgan fingerprint density at radius 2 is 1.60 bits per heavy atom. The maximum absolute atomic E-state index is 13.2. The summed E-state index contributed by atoms with van der Waals surface area (Å²) in [7, 11) is -1.95. The normalized spacial score (nSPS) is 15.5. The second kappa shape index (κ2) is 9.69. The largest absolute Gasteiger partial charge is 0.497 e. The van der Waals surface area contributed by atoms with Crippen LogP contribution in [0.2, 0.25) is 5.02 Å². The van der Waals surface area contributed by atoms with Crippen molar-refractivity contribution in [1.29, 1.82) is 0 Å². The zero-order chi connectivity index (χ0) is 24.6. The van der Waals surface area contributed by atoms with Crippen molar-refractivity contribution in [2.24, 2.45) is 0 Å². The van der Waals surface area contributed by atoms with Gasteiger partial charge in [-0.15, -0.1) is 0 Å². The summed E-state index contributed by atoms with van der Waals surface area (Å²) in [5.41, 5.74) is 5.00. The average Bonchev–Trinajstić information content (AvgIpc) is 3.16. The number of methoxy groups -OCH3 is 1. The van der Waals surface area contributed by atoms with E-state index in [0.29, 0.717) is 29.7 Å². The quantitative estimate of drug-likeness (QED) is 0.310. The number of sulfonamides is 1. The Kier molecular flexibility index (Phi) is 6.62. The molecule has 5 nitrogen and oxygen atoms in total. The third-order valence-electron chi connectivity index (χ3n) is 7.09. The van der Waals surface area contributed by atoms with Crippen LogP contribution in [0.15, 0.2) is 77.7 Å².